The van der Waals surface area contributed by atoms with Crippen LogP contribution in [0.25, 0.3) is 0 Å². The van der Waals surface area contributed by atoms with Crippen molar-refractivity contribution in [2.75, 3.05) is 11.1 Å². The Balaban J connectivity index is 2.38. The van der Waals surface area contributed by atoms with Gasteiger partial charge in [-0.2, -0.15) is 5.10 Å². The van der Waals surface area contributed by atoms with Gasteiger partial charge < -0.3 is 11.1 Å². The second-order valence-electron chi connectivity index (χ2n) is 5.43. The molecule has 3 N–H and O–H groups in total. The number of nitrogens with one attached hydrogen (secondary N) is 1. The minimum Gasteiger partial charge on any atom is -0.394 e. The number of benzene rings is 1. The lowest BCUT2D eigenvalue weighted by Crippen LogP contribution is -2.01. The van der Waals surface area contributed by atoms with Crippen LogP contribution in [-0.2, 0) is 7.05 Å². The van der Waals surface area contributed by atoms with Crippen LogP contribution in [0.1, 0.15) is 36.6 Å². The molecule has 0 saturated carbocycles. The standard InChI is InChI=1S/C15H22N4/c1-9(2)14-13(16)15(19(5)18-14)17-12-7-10(3)6-11(4)8-12/h6-9,17H,16H2,1-5H3. The zero-order chi connectivity index (χ0) is 14.2. The molecule has 0 fully saturated rings. The molecule has 0 bridgehead atoms. The molecule has 0 aliphatic rings. The largest absolute Gasteiger partial charge is 0.394 e. The third-order valence-electron chi connectivity index (χ3n) is 3.14. The lowest BCUT2D eigenvalue weighted by Gasteiger charge is -2.10. The number of hydrogen-bond acceptors (Lipinski definition) is 3. The predicted octanol–water partition coefficient (Wildman–Crippen LogP) is 3.49. The highest BCUT2D eigenvalue weighted by molar-refractivity contribution is 5.72. The predicted molar refractivity (Wildman–Crippen MR) is 80.9 cm³/mol. The molecule has 1 aromatic carbocycles. The molecule has 0 amide bonds. The van der Waals surface area contributed by atoms with E-state index in [1.54, 1.807) is 0 Å². The van der Waals surface area contributed by atoms with Crippen LogP contribution < -0.4 is 11.1 Å². The molecule has 0 aliphatic heterocycles. The molecular formula is C15H22N4. The summed E-state index contributed by atoms with van der Waals surface area (Å²) in [5.41, 5.74) is 11.4. The summed E-state index contributed by atoms with van der Waals surface area (Å²) in [6.45, 7) is 8.37. The van der Waals surface area contributed by atoms with Crippen LogP contribution >= 0.6 is 0 Å². The first kappa shape index (κ1) is 13.5. The van der Waals surface area contributed by atoms with Crippen molar-refractivity contribution in [3.63, 3.8) is 0 Å². The van der Waals surface area contributed by atoms with Crippen molar-refractivity contribution in [2.45, 2.75) is 33.6 Å². The molecule has 0 saturated heterocycles. The van der Waals surface area contributed by atoms with Gasteiger partial charge in [-0.1, -0.05) is 19.9 Å². The van der Waals surface area contributed by atoms with E-state index in [1.165, 1.54) is 11.1 Å². The molecule has 0 atom stereocenters. The second-order valence-corrected chi connectivity index (χ2v) is 5.43. The summed E-state index contributed by atoms with van der Waals surface area (Å²) >= 11 is 0. The Kier molecular flexibility index (Phi) is 3.51. The number of aromatic nitrogens is 2. The highest BCUT2D eigenvalue weighted by Gasteiger charge is 2.15. The van der Waals surface area contributed by atoms with Crippen LogP contribution in [0.2, 0.25) is 0 Å². The van der Waals surface area contributed by atoms with Crippen LogP contribution in [0.3, 0.4) is 0 Å². The van der Waals surface area contributed by atoms with Gasteiger partial charge in [0.25, 0.3) is 0 Å². The van der Waals surface area contributed by atoms with Gasteiger partial charge in [0.15, 0.2) is 5.82 Å². The third kappa shape index (κ3) is 2.72. The maximum absolute atomic E-state index is 6.18. The molecule has 2 aromatic rings. The van der Waals surface area contributed by atoms with Gasteiger partial charge >= 0.3 is 0 Å². The Labute approximate surface area is 114 Å². The normalized spacial score (nSPS) is 11.1. The fraction of sp³-hybridized carbons (Fsp3) is 0.400. The topological polar surface area (TPSA) is 55.9 Å². The zero-order valence-corrected chi connectivity index (χ0v) is 12.3. The van der Waals surface area contributed by atoms with Crippen LogP contribution in [0.15, 0.2) is 18.2 Å². The Morgan fingerprint density at radius 3 is 2.21 bits per heavy atom. The Morgan fingerprint density at radius 2 is 1.74 bits per heavy atom. The van der Waals surface area contributed by atoms with Gasteiger partial charge in [0.05, 0.1) is 11.4 Å². The first-order valence-corrected chi connectivity index (χ1v) is 6.56. The molecule has 0 radical (unpaired) electrons. The Morgan fingerprint density at radius 1 is 1.16 bits per heavy atom. The number of rotatable bonds is 3. The van der Waals surface area contributed by atoms with Gasteiger partial charge in [-0.25, -0.2) is 0 Å². The van der Waals surface area contributed by atoms with E-state index in [9.17, 15) is 0 Å². The van der Waals surface area contributed by atoms with Gasteiger partial charge in [-0.3, -0.25) is 4.68 Å². The summed E-state index contributed by atoms with van der Waals surface area (Å²) < 4.78 is 1.81. The van der Waals surface area contributed by atoms with Crippen molar-refractivity contribution in [3.05, 3.63) is 35.0 Å². The van der Waals surface area contributed by atoms with E-state index in [4.69, 9.17) is 5.73 Å². The van der Waals surface area contributed by atoms with Crippen molar-refractivity contribution in [1.29, 1.82) is 0 Å². The molecule has 0 unspecified atom stereocenters. The number of nitrogens with two attached hydrogens (primary N) is 1. The Bertz CT molecular complexity index is 576. The molecule has 0 spiro atoms. The average molecular weight is 258 g/mol. The minimum absolute atomic E-state index is 0.320. The van der Waals surface area contributed by atoms with Gasteiger partial charge in [0.1, 0.15) is 0 Å². The lowest BCUT2D eigenvalue weighted by atomic mass is 10.1. The highest BCUT2D eigenvalue weighted by atomic mass is 15.3. The number of anilines is 3. The third-order valence-corrected chi connectivity index (χ3v) is 3.14. The van der Waals surface area contributed by atoms with E-state index in [0.717, 1.165) is 22.9 Å². The van der Waals surface area contributed by atoms with E-state index in [-0.39, 0.29) is 0 Å². The van der Waals surface area contributed by atoms with Crippen molar-refractivity contribution in [2.24, 2.45) is 7.05 Å². The van der Waals surface area contributed by atoms with E-state index in [0.29, 0.717) is 5.92 Å². The highest BCUT2D eigenvalue weighted by Crippen LogP contribution is 2.30. The SMILES string of the molecule is Cc1cc(C)cc(Nc2c(N)c(C(C)C)nn2C)c1. The summed E-state index contributed by atoms with van der Waals surface area (Å²) in [4.78, 5) is 0. The monoisotopic (exact) mass is 258 g/mol. The maximum Gasteiger partial charge on any atom is 0.152 e. The van der Waals surface area contributed by atoms with Gasteiger partial charge in [-0.05, 0) is 43.0 Å². The van der Waals surface area contributed by atoms with Crippen molar-refractivity contribution in [3.8, 4) is 0 Å². The lowest BCUT2D eigenvalue weighted by molar-refractivity contribution is 0.718. The van der Waals surface area contributed by atoms with E-state index < -0.39 is 0 Å². The number of nitrogens with zero attached hydrogens (tertiary/aromatic N) is 2. The molecule has 1 aromatic heterocycles. The Hall–Kier alpha value is -1.97. The van der Waals surface area contributed by atoms with Crippen LogP contribution in [-0.4, -0.2) is 9.78 Å². The van der Waals surface area contributed by atoms with Gasteiger partial charge in [0, 0.05) is 12.7 Å². The smallest absolute Gasteiger partial charge is 0.152 e. The molecule has 0 aliphatic carbocycles. The molecule has 4 nitrogen and oxygen atoms in total. The number of hydrogen-bond donors (Lipinski definition) is 2. The fourth-order valence-corrected chi connectivity index (χ4v) is 2.32. The van der Waals surface area contributed by atoms with Crippen LogP contribution in [0, 0.1) is 13.8 Å². The second kappa shape index (κ2) is 4.96. The molecule has 102 valence electrons. The summed E-state index contributed by atoms with van der Waals surface area (Å²) in [5, 5.41) is 7.85. The van der Waals surface area contributed by atoms with Crippen LogP contribution in [0.4, 0.5) is 17.2 Å². The minimum atomic E-state index is 0.320. The number of nitrogen functional groups attached to an aromatic ring is 1. The zero-order valence-electron chi connectivity index (χ0n) is 12.3. The van der Waals surface area contributed by atoms with E-state index >= 15 is 0 Å². The first-order chi connectivity index (χ1) is 8.88. The van der Waals surface area contributed by atoms with Crippen molar-refractivity contribution < 1.29 is 0 Å². The molecular weight excluding hydrogens is 236 g/mol. The first-order valence-electron chi connectivity index (χ1n) is 6.56. The summed E-state index contributed by atoms with van der Waals surface area (Å²) in [7, 11) is 1.91. The molecule has 19 heavy (non-hydrogen) atoms. The van der Waals surface area contributed by atoms with Gasteiger partial charge in [-0.15, -0.1) is 0 Å². The molecule has 2 rings (SSSR count). The van der Waals surface area contributed by atoms with Crippen molar-refractivity contribution in [1.82, 2.24) is 9.78 Å². The maximum atomic E-state index is 6.18. The van der Waals surface area contributed by atoms with E-state index in [2.05, 4.69) is 56.3 Å². The fourth-order valence-electron chi connectivity index (χ4n) is 2.32. The quantitative estimate of drug-likeness (QED) is 0.886. The van der Waals surface area contributed by atoms with Crippen molar-refractivity contribution >= 4 is 17.2 Å². The van der Waals surface area contributed by atoms with Crippen LogP contribution in [0.5, 0.6) is 0 Å². The van der Waals surface area contributed by atoms with Gasteiger partial charge in [0.2, 0.25) is 0 Å². The average Bonchev–Trinajstić information content (AvgIpc) is 2.56. The summed E-state index contributed by atoms with van der Waals surface area (Å²) in [6.07, 6.45) is 0. The summed E-state index contributed by atoms with van der Waals surface area (Å²) in [5.74, 6) is 1.18. The molecule has 4 heteroatoms. The summed E-state index contributed by atoms with van der Waals surface area (Å²) in [6, 6.07) is 6.36. The van der Waals surface area contributed by atoms with E-state index in [1.807, 2.05) is 11.7 Å². The number of aryl methyl sites for hydroxylation is 3. The molecule has 1 heterocycles.